The molecule has 0 saturated carbocycles. The number of hydrogen-bond acceptors (Lipinski definition) is 5. The number of methoxy groups -OCH3 is 1. The van der Waals surface area contributed by atoms with Gasteiger partial charge in [-0.1, -0.05) is 62.9 Å². The van der Waals surface area contributed by atoms with Gasteiger partial charge in [0.15, 0.2) is 14.4 Å². The zero-order valence-corrected chi connectivity index (χ0v) is 18.6. The Bertz CT molecular complexity index is 701. The lowest BCUT2D eigenvalue weighted by Crippen LogP contribution is -2.41. The van der Waals surface area contributed by atoms with Crippen molar-refractivity contribution in [3.63, 3.8) is 0 Å². The van der Waals surface area contributed by atoms with Crippen molar-refractivity contribution in [1.82, 2.24) is 5.32 Å². The molecule has 1 aromatic rings. The molecule has 1 unspecified atom stereocenters. The summed E-state index contributed by atoms with van der Waals surface area (Å²) in [4.78, 5) is 23.8. The van der Waals surface area contributed by atoms with Crippen LogP contribution in [0.5, 0.6) is 0 Å². The predicted molar refractivity (Wildman–Crippen MR) is 111 cm³/mol. The van der Waals surface area contributed by atoms with Gasteiger partial charge in [0.1, 0.15) is 6.61 Å². The van der Waals surface area contributed by atoms with Gasteiger partial charge in [-0.25, -0.2) is 9.59 Å². The molecule has 0 bridgehead atoms. The van der Waals surface area contributed by atoms with Crippen LogP contribution in [0.1, 0.15) is 32.8 Å². The second kappa shape index (κ2) is 10.9. The Morgan fingerprint density at radius 2 is 1.82 bits per heavy atom. The number of alkyl carbamates (subject to hydrolysis) is 1. The molecule has 1 rings (SSSR count). The minimum Gasteiger partial charge on any atom is -0.467 e. The Hall–Kier alpha value is -2.30. The second-order valence-corrected chi connectivity index (χ2v) is 12.7. The third-order valence-electron chi connectivity index (χ3n) is 4.65. The second-order valence-electron chi connectivity index (χ2n) is 7.84. The average molecular weight is 406 g/mol. The standard InChI is InChI=1S/C21H31NO5Si/c1-21(2,3)28(5,6)27-15-11-10-14-18(19(23)25-4)22-20(24)26-16-17-12-8-7-9-13-17/h7-9,12-13,18H,11,15-16H2,1-6H3,(H,22,24). The smallest absolute Gasteiger partial charge is 0.408 e. The maximum Gasteiger partial charge on any atom is 0.408 e. The molecule has 0 aliphatic carbocycles. The Morgan fingerprint density at radius 1 is 1.18 bits per heavy atom. The summed E-state index contributed by atoms with van der Waals surface area (Å²) >= 11 is 0. The van der Waals surface area contributed by atoms with Gasteiger partial charge in [-0.15, -0.1) is 0 Å². The first-order valence-electron chi connectivity index (χ1n) is 9.24. The van der Waals surface area contributed by atoms with Crippen LogP contribution in [-0.4, -0.2) is 40.1 Å². The van der Waals surface area contributed by atoms with E-state index in [1.807, 2.05) is 30.3 Å². The SMILES string of the molecule is COC(=O)C(C#CCCO[Si](C)(C)C(C)(C)C)NC(=O)OCc1ccccc1. The number of amides is 1. The molecule has 1 amide bonds. The van der Waals surface area contributed by atoms with E-state index in [4.69, 9.17) is 13.9 Å². The minimum absolute atomic E-state index is 0.106. The highest BCUT2D eigenvalue weighted by Gasteiger charge is 2.36. The molecule has 0 aliphatic heterocycles. The van der Waals surface area contributed by atoms with Crippen molar-refractivity contribution in [2.24, 2.45) is 0 Å². The number of esters is 1. The van der Waals surface area contributed by atoms with E-state index < -0.39 is 26.4 Å². The van der Waals surface area contributed by atoms with Crippen LogP contribution in [0.3, 0.4) is 0 Å². The van der Waals surface area contributed by atoms with Crippen molar-refractivity contribution < 1.29 is 23.5 Å². The van der Waals surface area contributed by atoms with E-state index in [2.05, 4.69) is 51.0 Å². The Morgan fingerprint density at radius 3 is 2.39 bits per heavy atom. The van der Waals surface area contributed by atoms with E-state index >= 15 is 0 Å². The van der Waals surface area contributed by atoms with Gasteiger partial charge in [0, 0.05) is 13.0 Å². The fraction of sp³-hybridized carbons (Fsp3) is 0.524. The monoisotopic (exact) mass is 405 g/mol. The summed E-state index contributed by atoms with van der Waals surface area (Å²) in [6.45, 7) is 11.4. The van der Waals surface area contributed by atoms with E-state index in [1.54, 1.807) is 0 Å². The van der Waals surface area contributed by atoms with Crippen molar-refractivity contribution in [2.75, 3.05) is 13.7 Å². The number of rotatable bonds is 7. The molecule has 0 radical (unpaired) electrons. The van der Waals surface area contributed by atoms with Crippen molar-refractivity contribution in [3.05, 3.63) is 35.9 Å². The highest BCUT2D eigenvalue weighted by atomic mass is 28.4. The van der Waals surface area contributed by atoms with Crippen LogP contribution in [0.15, 0.2) is 30.3 Å². The van der Waals surface area contributed by atoms with E-state index in [9.17, 15) is 9.59 Å². The summed E-state index contributed by atoms with van der Waals surface area (Å²) in [7, 11) is -0.585. The molecule has 154 valence electrons. The third-order valence-corrected chi connectivity index (χ3v) is 9.19. The number of carbonyl (C=O) groups excluding carboxylic acids is 2. The van der Waals surface area contributed by atoms with Gasteiger partial charge in [0.2, 0.25) is 0 Å². The highest BCUT2D eigenvalue weighted by Crippen LogP contribution is 2.36. The molecule has 6 nitrogen and oxygen atoms in total. The summed E-state index contributed by atoms with van der Waals surface area (Å²) in [5.41, 5.74) is 0.848. The Balaban J connectivity index is 2.54. The molecule has 0 fully saturated rings. The van der Waals surface area contributed by atoms with Gasteiger partial charge >= 0.3 is 12.1 Å². The highest BCUT2D eigenvalue weighted by molar-refractivity contribution is 6.74. The molecule has 7 heteroatoms. The topological polar surface area (TPSA) is 73.9 Å². The lowest BCUT2D eigenvalue weighted by atomic mass is 10.2. The Kier molecular flexibility index (Phi) is 9.23. The van der Waals surface area contributed by atoms with Gasteiger partial charge in [0.25, 0.3) is 0 Å². The molecule has 0 saturated heterocycles. The lowest BCUT2D eigenvalue weighted by Gasteiger charge is -2.35. The first-order valence-corrected chi connectivity index (χ1v) is 12.1. The number of hydrogen-bond donors (Lipinski definition) is 1. The normalized spacial score (nSPS) is 12.4. The van der Waals surface area contributed by atoms with Crippen molar-refractivity contribution in [3.8, 4) is 11.8 Å². The third kappa shape index (κ3) is 8.15. The van der Waals surface area contributed by atoms with Gasteiger partial charge in [-0.2, -0.15) is 0 Å². The fourth-order valence-corrected chi connectivity index (χ4v) is 2.95. The van der Waals surface area contributed by atoms with Crippen LogP contribution in [0, 0.1) is 11.8 Å². The van der Waals surface area contributed by atoms with E-state index in [0.717, 1.165) is 5.56 Å². The van der Waals surface area contributed by atoms with Crippen molar-refractivity contribution in [1.29, 1.82) is 0 Å². The van der Waals surface area contributed by atoms with Crippen LogP contribution in [0.4, 0.5) is 4.79 Å². The van der Waals surface area contributed by atoms with Crippen LogP contribution in [-0.2, 0) is 25.3 Å². The van der Waals surface area contributed by atoms with Crippen LogP contribution >= 0.6 is 0 Å². The summed E-state index contributed by atoms with van der Waals surface area (Å²) in [5.74, 6) is 4.96. The predicted octanol–water partition coefficient (Wildman–Crippen LogP) is 3.87. The molecule has 1 aromatic carbocycles. The summed E-state index contributed by atoms with van der Waals surface area (Å²) in [6, 6.07) is 8.18. The zero-order chi connectivity index (χ0) is 21.2. The number of benzene rings is 1. The van der Waals surface area contributed by atoms with Gasteiger partial charge in [-0.05, 0) is 23.7 Å². The van der Waals surface area contributed by atoms with Crippen molar-refractivity contribution in [2.45, 2.75) is 58.0 Å². The van der Waals surface area contributed by atoms with E-state index in [-0.39, 0.29) is 11.6 Å². The minimum atomic E-state index is -1.83. The summed E-state index contributed by atoms with van der Waals surface area (Å²) in [6.07, 6.45) is -0.271. The maximum atomic E-state index is 11.9. The maximum absolute atomic E-state index is 11.9. The number of nitrogens with one attached hydrogen (secondary N) is 1. The largest absolute Gasteiger partial charge is 0.467 e. The zero-order valence-electron chi connectivity index (χ0n) is 17.6. The van der Waals surface area contributed by atoms with E-state index in [0.29, 0.717) is 13.0 Å². The fourth-order valence-electron chi connectivity index (χ4n) is 1.90. The molecule has 0 spiro atoms. The van der Waals surface area contributed by atoms with Crippen LogP contribution in [0.25, 0.3) is 0 Å². The van der Waals surface area contributed by atoms with Crippen molar-refractivity contribution >= 4 is 20.4 Å². The Labute approximate surface area is 169 Å². The lowest BCUT2D eigenvalue weighted by molar-refractivity contribution is -0.141. The molecule has 1 N–H and O–H groups in total. The average Bonchev–Trinajstić information content (AvgIpc) is 2.64. The first kappa shape index (κ1) is 23.7. The molecular formula is C21H31NO5Si. The number of ether oxygens (including phenoxy) is 2. The summed E-state index contributed by atoms with van der Waals surface area (Å²) in [5, 5.41) is 2.55. The van der Waals surface area contributed by atoms with Crippen LogP contribution < -0.4 is 5.32 Å². The summed E-state index contributed by atoms with van der Waals surface area (Å²) < 4.78 is 15.9. The van der Waals surface area contributed by atoms with Crippen LogP contribution in [0.2, 0.25) is 18.1 Å². The molecule has 0 heterocycles. The molecule has 0 aliphatic rings. The molecule has 0 aromatic heterocycles. The van der Waals surface area contributed by atoms with Gasteiger partial charge < -0.3 is 13.9 Å². The van der Waals surface area contributed by atoms with E-state index in [1.165, 1.54) is 7.11 Å². The van der Waals surface area contributed by atoms with Gasteiger partial charge in [0.05, 0.1) is 7.11 Å². The first-order chi connectivity index (χ1) is 13.1. The molecule has 28 heavy (non-hydrogen) atoms. The molecule has 1 atom stereocenters. The number of carbonyl (C=O) groups is 2. The quantitative estimate of drug-likeness (QED) is 0.323. The van der Waals surface area contributed by atoms with Gasteiger partial charge in [-0.3, -0.25) is 5.32 Å². The molecular weight excluding hydrogens is 374 g/mol.